The first-order valence-electron chi connectivity index (χ1n) is 11.1. The SMILES string of the molecule is Cc1ccc(C)c(-c2nnc(NC(=O)c3ccc(S(=O)(=O)N(C)C4CCCCC4)cc3)o2)c1. The van der Waals surface area contributed by atoms with Gasteiger partial charge in [0.05, 0.1) is 4.90 Å². The molecule has 1 N–H and O–H groups in total. The summed E-state index contributed by atoms with van der Waals surface area (Å²) in [6, 6.07) is 11.8. The summed E-state index contributed by atoms with van der Waals surface area (Å²) >= 11 is 0. The highest BCUT2D eigenvalue weighted by atomic mass is 32.2. The van der Waals surface area contributed by atoms with Crippen molar-refractivity contribution in [2.75, 3.05) is 12.4 Å². The summed E-state index contributed by atoms with van der Waals surface area (Å²) in [7, 11) is -1.98. The summed E-state index contributed by atoms with van der Waals surface area (Å²) in [6.45, 7) is 3.91. The molecule has 1 saturated carbocycles. The average molecular weight is 469 g/mol. The number of aryl methyl sites for hydroxylation is 2. The molecule has 4 rings (SSSR count). The first-order chi connectivity index (χ1) is 15.8. The molecule has 1 heterocycles. The van der Waals surface area contributed by atoms with Crippen molar-refractivity contribution < 1.29 is 17.6 Å². The summed E-state index contributed by atoms with van der Waals surface area (Å²) in [4.78, 5) is 12.8. The van der Waals surface area contributed by atoms with Crippen LogP contribution in [0, 0.1) is 13.8 Å². The molecule has 1 aliphatic rings. The van der Waals surface area contributed by atoms with E-state index in [1.165, 1.54) is 28.6 Å². The number of amides is 1. The van der Waals surface area contributed by atoms with Crippen LogP contribution in [0.3, 0.4) is 0 Å². The van der Waals surface area contributed by atoms with Crippen molar-refractivity contribution in [3.8, 4) is 11.5 Å². The van der Waals surface area contributed by atoms with Crippen LogP contribution in [0.1, 0.15) is 53.6 Å². The highest BCUT2D eigenvalue weighted by Gasteiger charge is 2.29. The predicted molar refractivity (Wildman–Crippen MR) is 125 cm³/mol. The lowest BCUT2D eigenvalue weighted by atomic mass is 9.96. The number of hydrogen-bond acceptors (Lipinski definition) is 6. The Bertz CT molecular complexity index is 1250. The molecule has 174 valence electrons. The van der Waals surface area contributed by atoms with E-state index in [4.69, 9.17) is 4.42 Å². The van der Waals surface area contributed by atoms with Crippen LogP contribution < -0.4 is 5.32 Å². The zero-order valence-corrected chi connectivity index (χ0v) is 19.9. The molecule has 0 spiro atoms. The van der Waals surface area contributed by atoms with Crippen molar-refractivity contribution in [2.45, 2.75) is 56.9 Å². The van der Waals surface area contributed by atoms with Gasteiger partial charge in [-0.3, -0.25) is 10.1 Å². The molecule has 8 nitrogen and oxygen atoms in total. The zero-order valence-electron chi connectivity index (χ0n) is 19.0. The van der Waals surface area contributed by atoms with E-state index in [1.807, 2.05) is 32.0 Å². The second-order valence-corrected chi connectivity index (χ2v) is 10.5. The summed E-state index contributed by atoms with van der Waals surface area (Å²) in [5.74, 6) is -0.144. The van der Waals surface area contributed by atoms with Gasteiger partial charge in [0.15, 0.2) is 0 Å². The van der Waals surface area contributed by atoms with Crippen LogP contribution >= 0.6 is 0 Å². The number of anilines is 1. The number of sulfonamides is 1. The van der Waals surface area contributed by atoms with Gasteiger partial charge in [-0.2, -0.15) is 4.31 Å². The molecule has 0 saturated heterocycles. The Hall–Kier alpha value is -3.04. The van der Waals surface area contributed by atoms with Gasteiger partial charge < -0.3 is 4.42 Å². The topological polar surface area (TPSA) is 105 Å². The lowest BCUT2D eigenvalue weighted by molar-refractivity contribution is 0.102. The maximum absolute atomic E-state index is 13.0. The summed E-state index contributed by atoms with van der Waals surface area (Å²) in [5, 5.41) is 10.5. The van der Waals surface area contributed by atoms with Crippen LogP contribution in [-0.2, 0) is 10.0 Å². The lowest BCUT2D eigenvalue weighted by Gasteiger charge is -2.30. The number of benzene rings is 2. The Morgan fingerprint density at radius 3 is 2.42 bits per heavy atom. The van der Waals surface area contributed by atoms with Gasteiger partial charge in [-0.25, -0.2) is 8.42 Å². The maximum Gasteiger partial charge on any atom is 0.322 e. The minimum Gasteiger partial charge on any atom is -0.403 e. The van der Waals surface area contributed by atoms with Crippen LogP contribution in [0.25, 0.3) is 11.5 Å². The standard InChI is InChI=1S/C24H28N4O4S/c1-16-9-10-17(2)21(15-16)23-26-27-24(32-23)25-22(29)18-11-13-20(14-12-18)33(30,31)28(3)19-7-5-4-6-8-19/h9-15,19H,4-8H2,1-3H3,(H,25,27,29). The van der Waals surface area contributed by atoms with Gasteiger partial charge in [-0.1, -0.05) is 42.1 Å². The third-order valence-corrected chi connectivity index (χ3v) is 8.08. The first kappa shape index (κ1) is 23.1. The average Bonchev–Trinajstić information content (AvgIpc) is 3.29. The molecule has 9 heteroatoms. The van der Waals surface area contributed by atoms with Crippen LogP contribution in [0.4, 0.5) is 6.01 Å². The Kier molecular flexibility index (Phi) is 6.62. The zero-order chi connectivity index (χ0) is 23.6. The lowest BCUT2D eigenvalue weighted by Crippen LogP contribution is -2.38. The Balaban J connectivity index is 1.46. The molecule has 1 aliphatic carbocycles. The normalized spacial score (nSPS) is 15.0. The van der Waals surface area contributed by atoms with Gasteiger partial charge in [0.1, 0.15) is 0 Å². The van der Waals surface area contributed by atoms with E-state index >= 15 is 0 Å². The van der Waals surface area contributed by atoms with Gasteiger partial charge in [0.25, 0.3) is 5.91 Å². The molecule has 1 amide bonds. The predicted octanol–water partition coefficient (Wildman–Crippen LogP) is 4.56. The number of nitrogens with one attached hydrogen (secondary N) is 1. The number of aromatic nitrogens is 2. The van der Waals surface area contributed by atoms with Gasteiger partial charge in [0.2, 0.25) is 15.9 Å². The van der Waals surface area contributed by atoms with E-state index < -0.39 is 15.9 Å². The van der Waals surface area contributed by atoms with Crippen molar-refractivity contribution in [3.05, 3.63) is 59.2 Å². The third kappa shape index (κ3) is 4.99. The quantitative estimate of drug-likeness (QED) is 0.569. The minimum atomic E-state index is -3.61. The van der Waals surface area contributed by atoms with E-state index in [9.17, 15) is 13.2 Å². The Morgan fingerprint density at radius 1 is 1.03 bits per heavy atom. The Morgan fingerprint density at radius 2 is 1.73 bits per heavy atom. The molecule has 2 aromatic carbocycles. The monoisotopic (exact) mass is 468 g/mol. The van der Waals surface area contributed by atoms with Crippen molar-refractivity contribution in [1.82, 2.24) is 14.5 Å². The second kappa shape index (κ2) is 9.44. The molecule has 1 fully saturated rings. The largest absolute Gasteiger partial charge is 0.403 e. The van der Waals surface area contributed by atoms with Gasteiger partial charge in [0, 0.05) is 24.2 Å². The number of hydrogen-bond donors (Lipinski definition) is 1. The van der Waals surface area contributed by atoms with Crippen LogP contribution in [0.2, 0.25) is 0 Å². The maximum atomic E-state index is 13.0. The summed E-state index contributed by atoms with van der Waals surface area (Å²) in [5.41, 5.74) is 3.14. The highest BCUT2D eigenvalue weighted by molar-refractivity contribution is 7.89. The molecule has 0 aliphatic heterocycles. The van der Waals surface area contributed by atoms with Crippen molar-refractivity contribution in [1.29, 1.82) is 0 Å². The molecular weight excluding hydrogens is 440 g/mol. The van der Waals surface area contributed by atoms with Crippen molar-refractivity contribution in [2.24, 2.45) is 0 Å². The van der Waals surface area contributed by atoms with E-state index in [0.29, 0.717) is 11.5 Å². The fourth-order valence-electron chi connectivity index (χ4n) is 4.10. The molecule has 3 aromatic rings. The van der Waals surface area contributed by atoms with Crippen LogP contribution in [0.5, 0.6) is 0 Å². The molecular formula is C24H28N4O4S. The minimum absolute atomic E-state index is 0.0235. The fourth-order valence-corrected chi connectivity index (χ4v) is 5.52. The molecule has 0 radical (unpaired) electrons. The fraction of sp³-hybridized carbons (Fsp3) is 0.375. The molecule has 0 bridgehead atoms. The second-order valence-electron chi connectivity index (χ2n) is 8.52. The molecule has 1 aromatic heterocycles. The molecule has 0 atom stereocenters. The van der Waals surface area contributed by atoms with Gasteiger partial charge >= 0.3 is 6.01 Å². The smallest absolute Gasteiger partial charge is 0.322 e. The first-order valence-corrected chi connectivity index (χ1v) is 12.5. The summed E-state index contributed by atoms with van der Waals surface area (Å²) < 4.78 is 33.1. The van der Waals surface area contributed by atoms with Crippen LogP contribution in [-0.4, -0.2) is 41.9 Å². The van der Waals surface area contributed by atoms with E-state index in [2.05, 4.69) is 15.5 Å². The number of carbonyl (C=O) groups is 1. The Labute approximate surface area is 194 Å². The number of rotatable bonds is 6. The highest BCUT2D eigenvalue weighted by Crippen LogP contribution is 2.27. The van der Waals surface area contributed by atoms with E-state index in [1.54, 1.807) is 7.05 Å². The van der Waals surface area contributed by atoms with Gasteiger partial charge in [-0.05, 0) is 62.6 Å². The van der Waals surface area contributed by atoms with Gasteiger partial charge in [-0.15, -0.1) is 5.10 Å². The van der Waals surface area contributed by atoms with Crippen LogP contribution in [0.15, 0.2) is 51.8 Å². The van der Waals surface area contributed by atoms with Crippen molar-refractivity contribution in [3.63, 3.8) is 0 Å². The number of carbonyl (C=O) groups excluding carboxylic acids is 1. The van der Waals surface area contributed by atoms with E-state index in [-0.39, 0.29) is 17.0 Å². The number of nitrogens with zero attached hydrogens (tertiary/aromatic N) is 3. The van der Waals surface area contributed by atoms with Crippen molar-refractivity contribution >= 4 is 21.9 Å². The molecule has 0 unspecified atom stereocenters. The molecule has 33 heavy (non-hydrogen) atoms. The summed E-state index contributed by atoms with van der Waals surface area (Å²) in [6.07, 6.45) is 5.00. The third-order valence-electron chi connectivity index (χ3n) is 6.15. The van der Waals surface area contributed by atoms with E-state index in [0.717, 1.165) is 48.8 Å².